The van der Waals surface area contributed by atoms with Gasteiger partial charge in [0.1, 0.15) is 12.6 Å². The molecule has 3 aromatic rings. The molecule has 0 aliphatic heterocycles. The molecule has 0 spiro atoms. The van der Waals surface area contributed by atoms with Gasteiger partial charge in [0.15, 0.2) is 0 Å². The number of anilines is 1. The van der Waals surface area contributed by atoms with E-state index in [4.69, 9.17) is 34.8 Å². The highest BCUT2D eigenvalue weighted by atomic mass is 35.5. The Morgan fingerprint density at radius 2 is 1.62 bits per heavy atom. The molecular weight excluding hydrogens is 674 g/mol. The van der Waals surface area contributed by atoms with E-state index in [0.29, 0.717) is 21.0 Å². The number of carbonyl (C=O) groups excluding carboxylic acids is 2. The average molecular weight is 705 g/mol. The van der Waals surface area contributed by atoms with Crippen LogP contribution in [0.3, 0.4) is 0 Å². The molecular formula is C31H31Cl3F3N3O4S. The van der Waals surface area contributed by atoms with E-state index in [0.717, 1.165) is 49.6 Å². The summed E-state index contributed by atoms with van der Waals surface area (Å²) in [5.74, 6) is -1.28. The first-order valence-corrected chi connectivity index (χ1v) is 17.0. The lowest BCUT2D eigenvalue weighted by atomic mass is 10.0. The van der Waals surface area contributed by atoms with Crippen molar-refractivity contribution in [3.8, 4) is 0 Å². The van der Waals surface area contributed by atoms with Crippen molar-refractivity contribution in [3.05, 3.63) is 98.5 Å². The van der Waals surface area contributed by atoms with E-state index in [1.807, 2.05) is 0 Å². The molecule has 14 heteroatoms. The van der Waals surface area contributed by atoms with Crippen molar-refractivity contribution < 1.29 is 31.2 Å². The van der Waals surface area contributed by atoms with Crippen LogP contribution in [0, 0.1) is 0 Å². The van der Waals surface area contributed by atoms with Crippen molar-refractivity contribution in [3.63, 3.8) is 0 Å². The van der Waals surface area contributed by atoms with E-state index < -0.39 is 56.9 Å². The fraction of sp³-hybridized carbons (Fsp3) is 0.355. The molecule has 4 rings (SSSR count). The number of hydrogen-bond acceptors (Lipinski definition) is 4. The number of sulfonamides is 1. The van der Waals surface area contributed by atoms with Gasteiger partial charge < -0.3 is 10.2 Å². The second-order valence-corrected chi connectivity index (χ2v) is 14.0. The number of carbonyl (C=O) groups is 2. The lowest BCUT2D eigenvalue weighted by molar-refractivity contribution is -0.140. The molecule has 1 unspecified atom stereocenters. The Bertz CT molecular complexity index is 1640. The first-order chi connectivity index (χ1) is 21.1. The van der Waals surface area contributed by atoms with Crippen LogP contribution in [0.5, 0.6) is 0 Å². The second-order valence-electron chi connectivity index (χ2n) is 10.9. The van der Waals surface area contributed by atoms with Crippen LogP contribution in [0.2, 0.25) is 15.1 Å². The van der Waals surface area contributed by atoms with E-state index in [1.54, 1.807) is 42.5 Å². The molecule has 1 aliphatic rings. The lowest BCUT2D eigenvalue weighted by Crippen LogP contribution is -2.54. The topological polar surface area (TPSA) is 86.8 Å². The van der Waals surface area contributed by atoms with Gasteiger partial charge in [-0.15, -0.1) is 0 Å². The summed E-state index contributed by atoms with van der Waals surface area (Å²) in [7, 11) is -4.30. The summed E-state index contributed by atoms with van der Waals surface area (Å²) in [5.41, 5.74) is -0.512. The van der Waals surface area contributed by atoms with Crippen LogP contribution >= 0.6 is 34.8 Å². The normalized spacial score (nSPS) is 14.6. The van der Waals surface area contributed by atoms with Gasteiger partial charge in [-0.1, -0.05) is 84.0 Å². The van der Waals surface area contributed by atoms with Gasteiger partial charge in [-0.05, 0) is 54.3 Å². The Morgan fingerprint density at radius 1 is 0.956 bits per heavy atom. The van der Waals surface area contributed by atoms with Crippen molar-refractivity contribution in [2.24, 2.45) is 0 Å². The van der Waals surface area contributed by atoms with Crippen molar-refractivity contribution in [1.82, 2.24) is 10.2 Å². The maximum absolute atomic E-state index is 14.2. The fourth-order valence-corrected chi connectivity index (χ4v) is 6.79. The molecule has 1 N–H and O–H groups in total. The van der Waals surface area contributed by atoms with Crippen LogP contribution in [-0.2, 0) is 38.8 Å². The average Bonchev–Trinajstić information content (AvgIpc) is 3.47. The maximum Gasteiger partial charge on any atom is 0.417 e. The van der Waals surface area contributed by atoms with E-state index in [2.05, 4.69) is 5.32 Å². The van der Waals surface area contributed by atoms with Gasteiger partial charge >= 0.3 is 6.18 Å². The van der Waals surface area contributed by atoms with Gasteiger partial charge in [-0.2, -0.15) is 13.2 Å². The number of hydrogen-bond donors (Lipinski definition) is 1. The molecule has 0 bridgehead atoms. The smallest absolute Gasteiger partial charge is 0.352 e. The Morgan fingerprint density at radius 3 is 2.22 bits per heavy atom. The molecule has 0 radical (unpaired) electrons. The molecule has 1 saturated carbocycles. The quantitative estimate of drug-likeness (QED) is 0.230. The largest absolute Gasteiger partial charge is 0.417 e. The summed E-state index contributed by atoms with van der Waals surface area (Å²) in [5, 5.41) is 2.95. The summed E-state index contributed by atoms with van der Waals surface area (Å²) in [6, 6.07) is 15.0. The molecule has 3 aromatic carbocycles. The van der Waals surface area contributed by atoms with Gasteiger partial charge in [-0.3, -0.25) is 13.9 Å². The van der Waals surface area contributed by atoms with Crippen molar-refractivity contribution >= 4 is 62.3 Å². The van der Waals surface area contributed by atoms with Gasteiger partial charge in [-0.25, -0.2) is 8.42 Å². The molecule has 1 aliphatic carbocycles. The Labute approximate surface area is 275 Å². The minimum absolute atomic E-state index is 0.0778. The second kappa shape index (κ2) is 14.6. The number of benzene rings is 3. The van der Waals surface area contributed by atoms with E-state index in [-0.39, 0.29) is 24.0 Å². The van der Waals surface area contributed by atoms with Crippen molar-refractivity contribution in [2.75, 3.05) is 17.1 Å². The Hall–Kier alpha value is -2.99. The number of halogens is 6. The third-order valence-corrected chi connectivity index (χ3v) is 9.61. The maximum atomic E-state index is 14.2. The predicted octanol–water partition coefficient (Wildman–Crippen LogP) is 7.13. The molecule has 1 fully saturated rings. The van der Waals surface area contributed by atoms with Crippen LogP contribution in [0.1, 0.15) is 42.4 Å². The highest BCUT2D eigenvalue weighted by molar-refractivity contribution is 7.92. The van der Waals surface area contributed by atoms with Crippen LogP contribution in [0.25, 0.3) is 0 Å². The summed E-state index contributed by atoms with van der Waals surface area (Å²) in [4.78, 5) is 29.3. The van der Waals surface area contributed by atoms with Crippen LogP contribution in [0.4, 0.5) is 18.9 Å². The highest BCUT2D eigenvalue weighted by Crippen LogP contribution is 2.37. The van der Waals surface area contributed by atoms with Gasteiger partial charge in [0.05, 0.1) is 22.5 Å². The summed E-state index contributed by atoms with van der Waals surface area (Å²) < 4.78 is 67.4. The summed E-state index contributed by atoms with van der Waals surface area (Å²) in [6.07, 6.45) is -0.577. The van der Waals surface area contributed by atoms with Gasteiger partial charge in [0.25, 0.3) is 0 Å². The Kier molecular flexibility index (Phi) is 11.3. The number of nitrogens with zero attached hydrogens (tertiary/aromatic N) is 2. The number of amides is 2. The summed E-state index contributed by atoms with van der Waals surface area (Å²) >= 11 is 18.3. The Balaban J connectivity index is 1.78. The fourth-order valence-electron chi connectivity index (χ4n) is 5.25. The van der Waals surface area contributed by atoms with Gasteiger partial charge in [0.2, 0.25) is 21.8 Å². The molecule has 1 atom stereocenters. The number of rotatable bonds is 11. The summed E-state index contributed by atoms with van der Waals surface area (Å²) in [6.45, 7) is -1.11. The number of alkyl halides is 3. The third kappa shape index (κ3) is 9.28. The molecule has 45 heavy (non-hydrogen) atoms. The monoisotopic (exact) mass is 703 g/mol. The third-order valence-electron chi connectivity index (χ3n) is 7.55. The highest BCUT2D eigenvalue weighted by Gasteiger charge is 2.37. The van der Waals surface area contributed by atoms with E-state index in [9.17, 15) is 31.2 Å². The molecule has 0 heterocycles. The molecule has 2 amide bonds. The van der Waals surface area contributed by atoms with Crippen molar-refractivity contribution in [1.29, 1.82) is 0 Å². The zero-order chi connectivity index (χ0) is 32.9. The molecule has 7 nitrogen and oxygen atoms in total. The van der Waals surface area contributed by atoms with Gasteiger partial charge in [0, 0.05) is 29.1 Å². The van der Waals surface area contributed by atoms with E-state index in [1.165, 1.54) is 11.0 Å². The molecule has 242 valence electrons. The lowest BCUT2D eigenvalue weighted by Gasteiger charge is -2.34. The molecule has 0 saturated heterocycles. The van der Waals surface area contributed by atoms with Crippen LogP contribution in [-0.4, -0.2) is 50.0 Å². The zero-order valence-electron chi connectivity index (χ0n) is 24.2. The number of nitrogens with one attached hydrogen (secondary N) is 1. The van der Waals surface area contributed by atoms with E-state index >= 15 is 0 Å². The first kappa shape index (κ1) is 34.9. The minimum atomic E-state index is -4.88. The molecule has 0 aromatic heterocycles. The SMILES string of the molecule is CS(=O)(=O)N(CC(=O)N(Cc1ccc(Cl)cc1Cl)C(Cc1ccccc1)C(=O)NC1CCCC1)c1ccc(Cl)c(C(F)(F)F)c1. The van der Waals surface area contributed by atoms with Crippen LogP contribution in [0.15, 0.2) is 66.7 Å². The standard InChI is InChI=1S/C31H31Cl3F3N3O4S/c1-45(43,44)40(24-13-14-26(33)25(17-24)31(35,36)37)19-29(41)39(18-21-11-12-22(32)16-27(21)34)28(15-20-7-3-2-4-8-20)30(42)38-23-9-5-6-10-23/h2-4,7-8,11-14,16-17,23,28H,5-6,9-10,15,18-19H2,1H3,(H,38,42). The van der Waals surface area contributed by atoms with Crippen LogP contribution < -0.4 is 9.62 Å². The van der Waals surface area contributed by atoms with Crippen molar-refractivity contribution in [2.45, 2.75) is 56.9 Å². The predicted molar refractivity (Wildman–Crippen MR) is 170 cm³/mol. The zero-order valence-corrected chi connectivity index (χ0v) is 27.2. The minimum Gasteiger partial charge on any atom is -0.352 e. The first-order valence-electron chi connectivity index (χ1n) is 14.1.